The van der Waals surface area contributed by atoms with Crippen molar-refractivity contribution in [2.24, 2.45) is 17.3 Å². The van der Waals surface area contributed by atoms with Crippen LogP contribution in [0.25, 0.3) is 11.0 Å². The first kappa shape index (κ1) is 15.5. The van der Waals surface area contributed by atoms with E-state index in [-0.39, 0.29) is 23.0 Å². The zero-order chi connectivity index (χ0) is 16.8. The van der Waals surface area contributed by atoms with Gasteiger partial charge in [-0.25, -0.2) is 4.98 Å². The van der Waals surface area contributed by atoms with Gasteiger partial charge in [0.15, 0.2) is 11.7 Å². The van der Waals surface area contributed by atoms with E-state index in [9.17, 15) is 10.1 Å². The molecule has 0 spiro atoms. The summed E-state index contributed by atoms with van der Waals surface area (Å²) in [5.41, 5.74) is 2.75. The van der Waals surface area contributed by atoms with Crippen LogP contribution in [0.2, 0.25) is 0 Å². The highest BCUT2D eigenvalue weighted by atomic mass is 16.1. The number of ketones is 1. The van der Waals surface area contributed by atoms with Crippen LogP contribution in [-0.2, 0) is 4.79 Å². The molecule has 3 atom stereocenters. The zero-order valence-electron chi connectivity index (χ0n) is 13.9. The minimum absolute atomic E-state index is 0.0287. The molecule has 1 N–H and O–H groups in total. The molecule has 1 aliphatic carbocycles. The van der Waals surface area contributed by atoms with E-state index >= 15 is 0 Å². The number of H-pyrrole nitrogens is 1. The predicted molar refractivity (Wildman–Crippen MR) is 89.6 cm³/mol. The Hall–Kier alpha value is -2.41. The number of nitrogens with zero attached hydrogens (tertiary/aromatic N) is 2. The SMILES string of the molecule is CC(C)=C[C@@H]1[C@H](C(=O)[C@H](C#N)c2nc3ccccc3[nH]2)C1(C)C. The number of aromatic nitrogens is 2. The number of hydrogen-bond donors (Lipinski definition) is 1. The van der Waals surface area contributed by atoms with Gasteiger partial charge in [0.25, 0.3) is 0 Å². The van der Waals surface area contributed by atoms with Crippen LogP contribution in [0.1, 0.15) is 39.4 Å². The van der Waals surface area contributed by atoms with Crippen LogP contribution < -0.4 is 0 Å². The van der Waals surface area contributed by atoms with Gasteiger partial charge in [0.2, 0.25) is 0 Å². The Morgan fingerprint density at radius 2 is 2.09 bits per heavy atom. The second kappa shape index (κ2) is 5.34. The summed E-state index contributed by atoms with van der Waals surface area (Å²) in [7, 11) is 0. The number of fused-ring (bicyclic) bond motifs is 1. The number of carbonyl (C=O) groups is 1. The van der Waals surface area contributed by atoms with Crippen LogP contribution >= 0.6 is 0 Å². The first-order chi connectivity index (χ1) is 10.9. The van der Waals surface area contributed by atoms with Crippen molar-refractivity contribution in [3.63, 3.8) is 0 Å². The molecule has 0 unspecified atom stereocenters. The molecular formula is C19H21N3O. The first-order valence-electron chi connectivity index (χ1n) is 7.89. The lowest BCUT2D eigenvalue weighted by molar-refractivity contribution is -0.121. The fourth-order valence-electron chi connectivity index (χ4n) is 3.44. The van der Waals surface area contributed by atoms with Gasteiger partial charge in [0.05, 0.1) is 17.1 Å². The zero-order valence-corrected chi connectivity index (χ0v) is 13.9. The molecule has 1 fully saturated rings. The second-order valence-corrected chi connectivity index (χ2v) is 7.17. The van der Waals surface area contributed by atoms with Gasteiger partial charge in [-0.2, -0.15) is 5.26 Å². The summed E-state index contributed by atoms with van der Waals surface area (Å²) in [6.45, 7) is 8.26. The minimum atomic E-state index is -0.831. The normalized spacial score (nSPS) is 23.1. The Balaban J connectivity index is 1.91. The molecule has 0 radical (unpaired) electrons. The number of Topliss-reactive ketones (excluding diaryl/α,β-unsaturated/α-hetero) is 1. The highest BCUT2D eigenvalue weighted by Crippen LogP contribution is 2.60. The monoisotopic (exact) mass is 307 g/mol. The number of nitrogens with one attached hydrogen (secondary N) is 1. The Morgan fingerprint density at radius 3 is 2.70 bits per heavy atom. The Kier molecular flexibility index (Phi) is 3.60. The largest absolute Gasteiger partial charge is 0.340 e. The maximum atomic E-state index is 12.9. The summed E-state index contributed by atoms with van der Waals surface area (Å²) in [5.74, 6) is -0.311. The molecule has 4 heteroatoms. The average Bonchev–Trinajstić information content (AvgIpc) is 2.84. The van der Waals surface area contributed by atoms with Crippen LogP contribution in [-0.4, -0.2) is 15.8 Å². The molecule has 1 aromatic carbocycles. The number of para-hydroxylation sites is 2. The summed E-state index contributed by atoms with van der Waals surface area (Å²) in [6, 6.07) is 9.72. The van der Waals surface area contributed by atoms with Gasteiger partial charge in [-0.15, -0.1) is 0 Å². The lowest BCUT2D eigenvalue weighted by Crippen LogP contribution is -2.17. The van der Waals surface area contributed by atoms with E-state index in [1.54, 1.807) is 0 Å². The van der Waals surface area contributed by atoms with Crippen molar-refractivity contribution in [1.29, 1.82) is 5.26 Å². The fourth-order valence-corrected chi connectivity index (χ4v) is 3.44. The third-order valence-corrected chi connectivity index (χ3v) is 4.82. The summed E-state index contributed by atoms with van der Waals surface area (Å²) in [6.07, 6.45) is 2.15. The van der Waals surface area contributed by atoms with Crippen molar-refractivity contribution < 1.29 is 4.79 Å². The number of rotatable bonds is 4. The van der Waals surface area contributed by atoms with Gasteiger partial charge < -0.3 is 4.98 Å². The van der Waals surface area contributed by atoms with Crippen molar-refractivity contribution in [2.45, 2.75) is 33.6 Å². The summed E-state index contributed by atoms with van der Waals surface area (Å²) >= 11 is 0. The molecule has 0 saturated heterocycles. The Labute approximate surface area is 136 Å². The van der Waals surface area contributed by atoms with E-state index in [4.69, 9.17) is 0 Å². The third kappa shape index (κ3) is 2.57. The van der Waals surface area contributed by atoms with Crippen LogP contribution in [0.5, 0.6) is 0 Å². The van der Waals surface area contributed by atoms with E-state index < -0.39 is 5.92 Å². The van der Waals surface area contributed by atoms with E-state index in [1.807, 2.05) is 38.1 Å². The highest BCUT2D eigenvalue weighted by molar-refractivity contribution is 5.94. The number of hydrogen-bond acceptors (Lipinski definition) is 3. The smallest absolute Gasteiger partial charge is 0.162 e. The minimum Gasteiger partial charge on any atom is -0.340 e. The summed E-state index contributed by atoms with van der Waals surface area (Å²) in [5, 5.41) is 9.54. The summed E-state index contributed by atoms with van der Waals surface area (Å²) in [4.78, 5) is 20.5. The standard InChI is InChI=1S/C19H21N3O/c1-11(2)9-13-16(19(13,3)4)17(23)12(10-20)18-21-14-7-5-6-8-15(14)22-18/h5-9,12-13,16H,1-4H3,(H,21,22)/t12-,13+,16+/m0/s1. The van der Waals surface area contributed by atoms with Gasteiger partial charge in [-0.3, -0.25) is 4.79 Å². The predicted octanol–water partition coefficient (Wildman–Crippen LogP) is 3.98. The van der Waals surface area contributed by atoms with E-state index in [0.717, 1.165) is 11.0 Å². The number of carbonyl (C=O) groups excluding carboxylic acids is 1. The molecule has 4 nitrogen and oxygen atoms in total. The number of nitriles is 1. The lowest BCUT2D eigenvalue weighted by atomic mass is 9.97. The maximum absolute atomic E-state index is 12.9. The van der Waals surface area contributed by atoms with Gasteiger partial charge >= 0.3 is 0 Å². The summed E-state index contributed by atoms with van der Waals surface area (Å²) < 4.78 is 0. The van der Waals surface area contributed by atoms with Crippen molar-refractivity contribution >= 4 is 16.8 Å². The van der Waals surface area contributed by atoms with Gasteiger partial charge in [0, 0.05) is 5.92 Å². The number of benzene rings is 1. The first-order valence-corrected chi connectivity index (χ1v) is 7.89. The molecule has 23 heavy (non-hydrogen) atoms. The Morgan fingerprint density at radius 1 is 1.39 bits per heavy atom. The molecule has 2 aromatic rings. The molecule has 1 aliphatic rings. The number of allylic oxidation sites excluding steroid dienone is 2. The fraction of sp³-hybridized carbons (Fsp3) is 0.421. The van der Waals surface area contributed by atoms with Crippen LogP contribution in [0, 0.1) is 28.6 Å². The third-order valence-electron chi connectivity index (χ3n) is 4.82. The van der Waals surface area contributed by atoms with Crippen LogP contribution in [0.4, 0.5) is 0 Å². The number of imidazole rings is 1. The van der Waals surface area contributed by atoms with E-state index in [2.05, 4.69) is 36.0 Å². The highest BCUT2D eigenvalue weighted by Gasteiger charge is 2.61. The Bertz CT molecular complexity index is 801. The lowest BCUT2D eigenvalue weighted by Gasteiger charge is -2.06. The molecule has 1 aromatic heterocycles. The van der Waals surface area contributed by atoms with Gasteiger partial charge in [-0.1, -0.05) is 37.6 Å². The van der Waals surface area contributed by atoms with Crippen molar-refractivity contribution in [2.75, 3.05) is 0 Å². The van der Waals surface area contributed by atoms with Gasteiger partial charge in [-0.05, 0) is 37.3 Å². The van der Waals surface area contributed by atoms with Gasteiger partial charge in [0.1, 0.15) is 5.82 Å². The van der Waals surface area contributed by atoms with E-state index in [0.29, 0.717) is 5.82 Å². The topological polar surface area (TPSA) is 69.5 Å². The molecule has 1 heterocycles. The molecular weight excluding hydrogens is 286 g/mol. The average molecular weight is 307 g/mol. The van der Waals surface area contributed by atoms with Crippen molar-refractivity contribution in [3.05, 3.63) is 41.7 Å². The van der Waals surface area contributed by atoms with Crippen molar-refractivity contribution in [3.8, 4) is 6.07 Å². The van der Waals surface area contributed by atoms with Crippen LogP contribution in [0.15, 0.2) is 35.9 Å². The number of aromatic amines is 1. The van der Waals surface area contributed by atoms with Crippen molar-refractivity contribution in [1.82, 2.24) is 9.97 Å². The quantitative estimate of drug-likeness (QED) is 0.869. The second-order valence-electron chi connectivity index (χ2n) is 7.17. The van der Waals surface area contributed by atoms with E-state index in [1.165, 1.54) is 5.57 Å². The molecule has 0 bridgehead atoms. The molecule has 0 amide bonds. The maximum Gasteiger partial charge on any atom is 0.162 e. The van der Waals surface area contributed by atoms with Crippen LogP contribution in [0.3, 0.4) is 0 Å². The molecule has 118 valence electrons. The molecule has 0 aliphatic heterocycles. The molecule has 3 rings (SSSR count). The molecule has 1 saturated carbocycles.